The van der Waals surface area contributed by atoms with Crippen molar-refractivity contribution in [1.29, 1.82) is 0 Å². The van der Waals surface area contributed by atoms with Gasteiger partial charge in [0, 0.05) is 12.5 Å². The van der Waals surface area contributed by atoms with Crippen molar-refractivity contribution in [2.75, 3.05) is 6.26 Å². The van der Waals surface area contributed by atoms with Gasteiger partial charge in [-0.3, -0.25) is 4.79 Å². The number of rotatable bonds is 6. The van der Waals surface area contributed by atoms with Crippen LogP contribution >= 0.6 is 0 Å². The molecule has 0 heterocycles. The Morgan fingerprint density at radius 3 is 2.38 bits per heavy atom. The lowest BCUT2D eigenvalue weighted by molar-refractivity contribution is -0.140. The zero-order chi connectivity index (χ0) is 23.5. The SMILES string of the molecule is C[C@H](CCC(=O)O)[C@H]1CCC2C3C(NS(C)(=O)=O)CC4C[C@H](O)CC[C@]4(C)C3CC[C@@]21C. The number of hydrogen-bond donors (Lipinski definition) is 3. The van der Waals surface area contributed by atoms with Crippen LogP contribution < -0.4 is 4.72 Å². The maximum atomic E-state index is 12.4. The van der Waals surface area contributed by atoms with Crippen LogP contribution in [-0.4, -0.2) is 43.0 Å². The molecular formula is C25H43NO5S. The number of sulfonamides is 1. The van der Waals surface area contributed by atoms with Crippen molar-refractivity contribution in [2.45, 2.75) is 97.1 Å². The van der Waals surface area contributed by atoms with E-state index in [1.54, 1.807) is 0 Å². The number of carboxylic acids is 1. The summed E-state index contributed by atoms with van der Waals surface area (Å²) in [6.45, 7) is 7.06. The van der Waals surface area contributed by atoms with Crippen LogP contribution in [0.2, 0.25) is 0 Å². The molecule has 0 bridgehead atoms. The first-order valence-corrected chi connectivity index (χ1v) is 14.6. The summed E-state index contributed by atoms with van der Waals surface area (Å²) in [7, 11) is -3.32. The van der Waals surface area contributed by atoms with E-state index in [-0.39, 0.29) is 29.4 Å². The Kier molecular flexibility index (Phi) is 6.52. The van der Waals surface area contributed by atoms with Gasteiger partial charge in [-0.2, -0.15) is 0 Å². The minimum absolute atomic E-state index is 0.0592. The molecule has 5 unspecified atom stereocenters. The number of fused-ring (bicyclic) bond motifs is 5. The van der Waals surface area contributed by atoms with E-state index < -0.39 is 16.0 Å². The molecule has 0 aliphatic heterocycles. The van der Waals surface area contributed by atoms with Crippen molar-refractivity contribution >= 4 is 16.0 Å². The van der Waals surface area contributed by atoms with Crippen LogP contribution in [0.1, 0.15) is 85.0 Å². The van der Waals surface area contributed by atoms with Crippen molar-refractivity contribution < 1.29 is 23.4 Å². The van der Waals surface area contributed by atoms with E-state index in [2.05, 4.69) is 25.5 Å². The molecule has 4 aliphatic carbocycles. The van der Waals surface area contributed by atoms with Crippen LogP contribution in [0.5, 0.6) is 0 Å². The van der Waals surface area contributed by atoms with Gasteiger partial charge in [-0.1, -0.05) is 20.8 Å². The normalized spacial score (nSPS) is 47.2. The molecule has 0 aromatic carbocycles. The molecule has 184 valence electrons. The third-order valence-electron chi connectivity index (χ3n) is 10.6. The van der Waals surface area contributed by atoms with E-state index in [4.69, 9.17) is 0 Å². The van der Waals surface area contributed by atoms with E-state index in [9.17, 15) is 23.4 Å². The summed E-state index contributed by atoms with van der Waals surface area (Å²) >= 11 is 0. The summed E-state index contributed by atoms with van der Waals surface area (Å²) in [6, 6.07) is -0.0592. The highest BCUT2D eigenvalue weighted by Crippen LogP contribution is 2.68. The topological polar surface area (TPSA) is 104 Å². The van der Waals surface area contributed by atoms with E-state index >= 15 is 0 Å². The number of hydrogen-bond acceptors (Lipinski definition) is 4. The Hall–Kier alpha value is -0.660. The van der Waals surface area contributed by atoms with Gasteiger partial charge in [-0.05, 0) is 104 Å². The zero-order valence-corrected chi connectivity index (χ0v) is 21.0. The molecule has 3 N–H and O–H groups in total. The average molecular weight is 470 g/mol. The Bertz CT molecular complexity index is 830. The first-order chi connectivity index (χ1) is 14.8. The Morgan fingerprint density at radius 1 is 1.06 bits per heavy atom. The third kappa shape index (κ3) is 4.26. The van der Waals surface area contributed by atoms with Gasteiger partial charge < -0.3 is 10.2 Å². The number of aliphatic hydroxyl groups excluding tert-OH is 1. The number of carboxylic acid groups (broad SMARTS) is 1. The number of aliphatic carboxylic acids is 1. The van der Waals surface area contributed by atoms with E-state index in [1.807, 2.05) is 0 Å². The Balaban J connectivity index is 1.64. The molecule has 0 spiro atoms. The summed E-state index contributed by atoms with van der Waals surface area (Å²) in [5, 5.41) is 19.5. The lowest BCUT2D eigenvalue weighted by Crippen LogP contribution is -2.62. The van der Waals surface area contributed by atoms with Crippen molar-refractivity contribution in [3.63, 3.8) is 0 Å². The maximum absolute atomic E-state index is 12.4. The predicted octanol–water partition coefficient (Wildman–Crippen LogP) is 4.03. The molecule has 7 heteroatoms. The fraction of sp³-hybridized carbons (Fsp3) is 0.960. The summed E-state index contributed by atoms with van der Waals surface area (Å²) in [5.74, 6) is 1.81. The Morgan fingerprint density at radius 2 is 1.72 bits per heavy atom. The van der Waals surface area contributed by atoms with Crippen LogP contribution in [0.25, 0.3) is 0 Å². The van der Waals surface area contributed by atoms with E-state index in [1.165, 1.54) is 6.26 Å². The van der Waals surface area contributed by atoms with Crippen molar-refractivity contribution in [1.82, 2.24) is 4.72 Å². The molecule has 10 atom stereocenters. The smallest absolute Gasteiger partial charge is 0.303 e. The summed E-state index contributed by atoms with van der Waals surface area (Å²) in [6.07, 6.45) is 9.98. The van der Waals surface area contributed by atoms with E-state index in [0.717, 1.165) is 57.8 Å². The fourth-order valence-electron chi connectivity index (χ4n) is 9.17. The van der Waals surface area contributed by atoms with Gasteiger partial charge in [0.05, 0.1) is 12.4 Å². The second kappa shape index (κ2) is 8.53. The highest BCUT2D eigenvalue weighted by atomic mass is 32.2. The van der Waals surface area contributed by atoms with E-state index in [0.29, 0.717) is 35.5 Å². The molecule has 6 nitrogen and oxygen atoms in total. The van der Waals surface area contributed by atoms with Gasteiger partial charge in [-0.25, -0.2) is 13.1 Å². The minimum atomic E-state index is -3.32. The summed E-state index contributed by atoms with van der Waals surface area (Å²) < 4.78 is 27.8. The van der Waals surface area contributed by atoms with Crippen LogP contribution in [0.4, 0.5) is 0 Å². The molecule has 0 aromatic heterocycles. The highest BCUT2D eigenvalue weighted by molar-refractivity contribution is 7.88. The van der Waals surface area contributed by atoms with Gasteiger partial charge in [0.15, 0.2) is 0 Å². The molecule has 4 rings (SSSR count). The van der Waals surface area contributed by atoms with Crippen LogP contribution in [0, 0.1) is 46.3 Å². The largest absolute Gasteiger partial charge is 0.481 e. The van der Waals surface area contributed by atoms with Gasteiger partial charge in [0.1, 0.15) is 0 Å². The molecule has 0 aromatic rings. The Labute approximate surface area is 194 Å². The maximum Gasteiger partial charge on any atom is 0.303 e. The molecule has 4 aliphatic rings. The number of aliphatic hydroxyl groups is 1. The van der Waals surface area contributed by atoms with Gasteiger partial charge in [0.2, 0.25) is 10.0 Å². The monoisotopic (exact) mass is 469 g/mol. The molecule has 0 amide bonds. The summed E-state index contributed by atoms with van der Waals surface area (Å²) in [4.78, 5) is 11.2. The van der Waals surface area contributed by atoms with Gasteiger partial charge in [-0.15, -0.1) is 0 Å². The van der Waals surface area contributed by atoms with Gasteiger partial charge in [0.25, 0.3) is 0 Å². The van der Waals surface area contributed by atoms with Crippen LogP contribution in [-0.2, 0) is 14.8 Å². The van der Waals surface area contributed by atoms with Crippen LogP contribution in [0.3, 0.4) is 0 Å². The second-order valence-corrected chi connectivity index (χ2v) is 14.1. The lowest BCUT2D eigenvalue weighted by Gasteiger charge is -2.63. The van der Waals surface area contributed by atoms with Gasteiger partial charge >= 0.3 is 5.97 Å². The summed E-state index contributed by atoms with van der Waals surface area (Å²) in [5.41, 5.74) is 0.321. The molecule has 4 fully saturated rings. The molecule has 0 radical (unpaired) electrons. The molecule has 4 saturated carbocycles. The van der Waals surface area contributed by atoms with Crippen molar-refractivity contribution in [2.24, 2.45) is 46.3 Å². The quantitative estimate of drug-likeness (QED) is 0.545. The fourth-order valence-corrected chi connectivity index (χ4v) is 9.97. The third-order valence-corrected chi connectivity index (χ3v) is 11.4. The zero-order valence-electron chi connectivity index (χ0n) is 20.2. The van der Waals surface area contributed by atoms with Crippen LogP contribution in [0.15, 0.2) is 0 Å². The molecular weight excluding hydrogens is 426 g/mol. The lowest BCUT2D eigenvalue weighted by atomic mass is 9.43. The number of carbonyl (C=O) groups is 1. The molecule has 0 saturated heterocycles. The standard InChI is InChI=1S/C25H43NO5S/c1-15(5-8-22(28)29)18-6-7-19-23-20(10-12-25(18,19)3)24(2)11-9-17(27)13-16(24)14-21(23)26-32(4,30)31/h15-21,23,26-27H,5-14H2,1-4H3,(H,28,29)/t15-,16?,17-,18-,19?,20?,21?,23?,24+,25-/m1/s1. The second-order valence-electron chi connectivity index (χ2n) is 12.3. The highest BCUT2D eigenvalue weighted by Gasteiger charge is 2.63. The number of nitrogens with one attached hydrogen (secondary N) is 1. The van der Waals surface area contributed by atoms with Crippen molar-refractivity contribution in [3.8, 4) is 0 Å². The first kappa shape index (κ1) is 24.5. The predicted molar refractivity (Wildman–Crippen MR) is 124 cm³/mol. The minimum Gasteiger partial charge on any atom is -0.481 e. The molecule has 32 heavy (non-hydrogen) atoms. The average Bonchev–Trinajstić information content (AvgIpc) is 3.03. The first-order valence-electron chi connectivity index (χ1n) is 12.7. The van der Waals surface area contributed by atoms with Crippen molar-refractivity contribution in [3.05, 3.63) is 0 Å².